The van der Waals surface area contributed by atoms with Gasteiger partial charge in [-0.2, -0.15) is 0 Å². The Bertz CT molecular complexity index is 1130. The second-order valence-electron chi connectivity index (χ2n) is 7.10. The molecule has 0 saturated carbocycles. The van der Waals surface area contributed by atoms with Crippen LogP contribution in [-0.4, -0.2) is 19.0 Å². The summed E-state index contributed by atoms with van der Waals surface area (Å²) >= 11 is 0. The Balaban J connectivity index is 1.72. The van der Waals surface area contributed by atoms with Crippen LogP contribution in [0.2, 0.25) is 0 Å². The fourth-order valence-corrected chi connectivity index (χ4v) is 6.35. The van der Waals surface area contributed by atoms with Crippen molar-refractivity contribution < 1.29 is 4.74 Å². The molecule has 4 aromatic carbocycles. The van der Waals surface area contributed by atoms with Crippen molar-refractivity contribution in [2.45, 2.75) is 0 Å². The third-order valence-electron chi connectivity index (χ3n) is 5.21. The summed E-state index contributed by atoms with van der Waals surface area (Å²) in [5.74, 6) is 0.754. The zero-order chi connectivity index (χ0) is 20.2. The van der Waals surface area contributed by atoms with E-state index >= 15 is 0 Å². The molecule has 2 nitrogen and oxygen atoms in total. The van der Waals surface area contributed by atoms with E-state index in [1.54, 1.807) is 0 Å². The Kier molecular flexibility index (Phi) is 5.42. The Morgan fingerprint density at radius 3 is 1.70 bits per heavy atom. The maximum Gasteiger partial charge on any atom is 0.216 e. The van der Waals surface area contributed by atoms with Crippen LogP contribution in [0.25, 0.3) is 11.1 Å². The summed E-state index contributed by atoms with van der Waals surface area (Å²) < 4.78 is 5.83. The van der Waals surface area contributed by atoms with Gasteiger partial charge >= 0.3 is 0 Å². The van der Waals surface area contributed by atoms with E-state index in [2.05, 4.69) is 114 Å². The lowest BCUT2D eigenvalue weighted by Gasteiger charge is -2.23. The van der Waals surface area contributed by atoms with Crippen molar-refractivity contribution in [1.29, 1.82) is 0 Å². The second kappa shape index (κ2) is 8.65. The van der Waals surface area contributed by atoms with Crippen LogP contribution >= 0.6 is 7.92 Å². The van der Waals surface area contributed by atoms with E-state index in [1.165, 1.54) is 27.0 Å². The lowest BCUT2D eigenvalue weighted by molar-refractivity contribution is 0.348. The number of ether oxygens (including phenoxy) is 1. The molecule has 0 atom stereocenters. The number of rotatable bonds is 5. The van der Waals surface area contributed by atoms with Crippen molar-refractivity contribution in [2.75, 3.05) is 13.2 Å². The first-order chi connectivity index (χ1) is 14.9. The van der Waals surface area contributed by atoms with E-state index in [1.807, 2.05) is 0 Å². The molecule has 0 fully saturated rings. The van der Waals surface area contributed by atoms with Gasteiger partial charge in [-0.05, 0) is 41.0 Å². The molecule has 146 valence electrons. The molecular weight excluding hydrogens is 385 g/mol. The molecule has 5 rings (SSSR count). The molecule has 4 aromatic rings. The molecule has 0 spiro atoms. The van der Waals surface area contributed by atoms with Crippen LogP contribution < -0.4 is 15.9 Å². The lowest BCUT2D eigenvalue weighted by Crippen LogP contribution is -2.22. The first-order valence-corrected chi connectivity index (χ1v) is 11.5. The van der Waals surface area contributed by atoms with Gasteiger partial charge in [0.25, 0.3) is 0 Å². The van der Waals surface area contributed by atoms with E-state index in [0.717, 1.165) is 18.0 Å². The summed E-state index contributed by atoms with van der Waals surface area (Å²) in [4.78, 5) is 4.58. The van der Waals surface area contributed by atoms with Crippen LogP contribution in [0.15, 0.2) is 114 Å². The molecule has 0 N–H and O–H groups in total. The van der Waals surface area contributed by atoms with Crippen molar-refractivity contribution in [3.8, 4) is 11.1 Å². The molecule has 0 aliphatic carbocycles. The summed E-state index contributed by atoms with van der Waals surface area (Å²) in [6.45, 7) is 1.39. The van der Waals surface area contributed by atoms with E-state index in [4.69, 9.17) is 4.74 Å². The van der Waals surface area contributed by atoms with Gasteiger partial charge in [0.05, 0.1) is 6.54 Å². The number of hydrogen-bond acceptors (Lipinski definition) is 2. The molecule has 30 heavy (non-hydrogen) atoms. The maximum atomic E-state index is 5.83. The van der Waals surface area contributed by atoms with Crippen molar-refractivity contribution in [3.05, 3.63) is 115 Å². The zero-order valence-electron chi connectivity index (χ0n) is 16.6. The SMILES string of the molecule is c1ccc(P(c2ccccc2)c2ccccc2-c2ccccc2C2=NCCO2)cc1. The van der Waals surface area contributed by atoms with E-state index < -0.39 is 7.92 Å². The van der Waals surface area contributed by atoms with Gasteiger partial charge in [-0.1, -0.05) is 103 Å². The number of hydrogen-bond donors (Lipinski definition) is 0. The van der Waals surface area contributed by atoms with Gasteiger partial charge in [0.1, 0.15) is 6.61 Å². The Morgan fingerprint density at radius 1 is 0.567 bits per heavy atom. The lowest BCUT2D eigenvalue weighted by atomic mass is 9.99. The van der Waals surface area contributed by atoms with Crippen molar-refractivity contribution in [1.82, 2.24) is 0 Å². The van der Waals surface area contributed by atoms with Gasteiger partial charge in [-0.15, -0.1) is 0 Å². The fourth-order valence-electron chi connectivity index (χ4n) is 3.88. The van der Waals surface area contributed by atoms with Crippen LogP contribution in [-0.2, 0) is 4.74 Å². The molecule has 1 aliphatic rings. The quantitative estimate of drug-likeness (QED) is 0.432. The van der Waals surface area contributed by atoms with Crippen LogP contribution in [0.3, 0.4) is 0 Å². The maximum absolute atomic E-state index is 5.83. The van der Waals surface area contributed by atoms with Crippen LogP contribution in [0.5, 0.6) is 0 Å². The van der Waals surface area contributed by atoms with E-state index in [0.29, 0.717) is 6.61 Å². The predicted molar refractivity (Wildman–Crippen MR) is 128 cm³/mol. The van der Waals surface area contributed by atoms with Crippen molar-refractivity contribution in [3.63, 3.8) is 0 Å². The third kappa shape index (κ3) is 3.67. The molecule has 1 aliphatic heterocycles. The van der Waals surface area contributed by atoms with Crippen LogP contribution in [0.4, 0.5) is 0 Å². The highest BCUT2D eigenvalue weighted by Gasteiger charge is 2.22. The zero-order valence-corrected chi connectivity index (χ0v) is 17.5. The van der Waals surface area contributed by atoms with Gasteiger partial charge in [0, 0.05) is 5.56 Å². The van der Waals surface area contributed by atoms with Crippen molar-refractivity contribution >= 4 is 29.7 Å². The minimum atomic E-state index is -0.696. The first kappa shape index (κ1) is 18.8. The van der Waals surface area contributed by atoms with Gasteiger partial charge in [0.15, 0.2) is 0 Å². The monoisotopic (exact) mass is 407 g/mol. The summed E-state index contributed by atoms with van der Waals surface area (Å²) in [7, 11) is -0.696. The third-order valence-corrected chi connectivity index (χ3v) is 7.71. The number of nitrogens with zero attached hydrogens (tertiary/aromatic N) is 1. The average molecular weight is 407 g/mol. The summed E-state index contributed by atoms with van der Waals surface area (Å²) in [5.41, 5.74) is 3.48. The first-order valence-electron chi connectivity index (χ1n) is 10.2. The molecule has 0 bridgehead atoms. The number of aliphatic imine (C=N–C) groups is 1. The highest BCUT2D eigenvalue weighted by Crippen LogP contribution is 2.38. The van der Waals surface area contributed by atoms with Gasteiger partial charge in [-0.25, -0.2) is 4.99 Å². The molecule has 0 saturated heterocycles. The molecule has 1 heterocycles. The summed E-state index contributed by atoms with van der Waals surface area (Å²) in [5, 5.41) is 4.03. The average Bonchev–Trinajstić information content (AvgIpc) is 3.36. The minimum Gasteiger partial charge on any atom is -0.475 e. The second-order valence-corrected chi connectivity index (χ2v) is 9.29. The minimum absolute atomic E-state index is 0.659. The van der Waals surface area contributed by atoms with Crippen LogP contribution in [0.1, 0.15) is 5.56 Å². The highest BCUT2D eigenvalue weighted by atomic mass is 31.1. The molecule has 0 aromatic heterocycles. The summed E-state index contributed by atoms with van der Waals surface area (Å²) in [6.07, 6.45) is 0. The molecule has 0 radical (unpaired) electrons. The van der Waals surface area contributed by atoms with E-state index in [9.17, 15) is 0 Å². The number of benzene rings is 4. The molecule has 0 amide bonds. The van der Waals surface area contributed by atoms with E-state index in [-0.39, 0.29) is 0 Å². The Morgan fingerprint density at radius 2 is 1.10 bits per heavy atom. The Labute approximate surface area is 178 Å². The molecule has 0 unspecified atom stereocenters. The Hall–Kier alpha value is -3.22. The topological polar surface area (TPSA) is 21.6 Å². The van der Waals surface area contributed by atoms with Gasteiger partial charge < -0.3 is 4.74 Å². The smallest absolute Gasteiger partial charge is 0.216 e. The highest BCUT2D eigenvalue weighted by molar-refractivity contribution is 7.80. The van der Waals surface area contributed by atoms with Crippen LogP contribution in [0, 0.1) is 0 Å². The van der Waals surface area contributed by atoms with Crippen molar-refractivity contribution in [2.24, 2.45) is 4.99 Å². The largest absolute Gasteiger partial charge is 0.475 e. The molecule has 3 heteroatoms. The standard InChI is InChI=1S/C27H22NOP/c1-3-11-21(12-4-1)30(22-13-5-2-6-14-22)26-18-10-9-16-24(26)23-15-7-8-17-25(23)27-28-19-20-29-27/h1-18H,19-20H2. The normalized spacial score (nSPS) is 13.2. The van der Waals surface area contributed by atoms with Gasteiger partial charge in [0.2, 0.25) is 5.90 Å². The predicted octanol–water partition coefficient (Wildman–Crippen LogP) is 4.89. The fraction of sp³-hybridized carbons (Fsp3) is 0.0741. The summed E-state index contributed by atoms with van der Waals surface area (Å²) in [6, 6.07) is 38.9. The molecular formula is C27H22NOP. The van der Waals surface area contributed by atoms with Gasteiger partial charge in [-0.3, -0.25) is 0 Å².